The number of oxazole rings is 1. The van der Waals surface area contributed by atoms with Gasteiger partial charge in [-0.2, -0.15) is 0 Å². The number of halogens is 1. The van der Waals surface area contributed by atoms with Gasteiger partial charge >= 0.3 is 5.97 Å². The first kappa shape index (κ1) is 16.2. The van der Waals surface area contributed by atoms with E-state index in [9.17, 15) is 19.1 Å². The van der Waals surface area contributed by atoms with Crippen LogP contribution in [0.15, 0.2) is 22.6 Å². The summed E-state index contributed by atoms with van der Waals surface area (Å²) in [5.41, 5.74) is 1.02. The fourth-order valence-corrected chi connectivity index (χ4v) is 2.46. The van der Waals surface area contributed by atoms with Gasteiger partial charge in [0.2, 0.25) is 5.76 Å². The summed E-state index contributed by atoms with van der Waals surface area (Å²) in [6.07, 6.45) is 1.96. The lowest BCUT2D eigenvalue weighted by Gasteiger charge is -2.15. The number of aryl methyl sites for hydroxylation is 2. The van der Waals surface area contributed by atoms with Gasteiger partial charge in [-0.3, -0.25) is 4.79 Å². The molecule has 2 aromatic rings. The van der Waals surface area contributed by atoms with Gasteiger partial charge in [0.25, 0.3) is 5.91 Å². The summed E-state index contributed by atoms with van der Waals surface area (Å²) < 4.78 is 18.9. The van der Waals surface area contributed by atoms with Gasteiger partial charge in [-0.25, -0.2) is 14.2 Å². The molecule has 1 aliphatic rings. The lowest BCUT2D eigenvalue weighted by molar-refractivity contribution is -0.139. The Bertz CT molecular complexity index is 811. The maximum atomic E-state index is 13.4. The van der Waals surface area contributed by atoms with Gasteiger partial charge in [0, 0.05) is 5.92 Å². The molecule has 1 amide bonds. The number of nitrogens with zero attached hydrogens (tertiary/aromatic N) is 1. The van der Waals surface area contributed by atoms with E-state index >= 15 is 0 Å². The van der Waals surface area contributed by atoms with Gasteiger partial charge in [-0.1, -0.05) is 12.1 Å². The van der Waals surface area contributed by atoms with Crippen LogP contribution in [-0.2, 0) is 4.79 Å². The highest BCUT2D eigenvalue weighted by Gasteiger charge is 2.32. The van der Waals surface area contributed by atoms with Crippen LogP contribution < -0.4 is 5.32 Å². The number of nitrogens with one attached hydrogen (secondary N) is 1. The van der Waals surface area contributed by atoms with Crippen LogP contribution in [0.3, 0.4) is 0 Å². The zero-order valence-electron chi connectivity index (χ0n) is 13.3. The third-order valence-corrected chi connectivity index (χ3v) is 3.98. The number of carbonyl (C=O) groups excluding carboxylic acids is 1. The number of carboxylic acid groups (broad SMARTS) is 1. The average molecular weight is 332 g/mol. The van der Waals surface area contributed by atoms with Crippen molar-refractivity contribution in [2.75, 3.05) is 0 Å². The number of carbonyl (C=O) groups is 2. The van der Waals surface area contributed by atoms with Gasteiger partial charge < -0.3 is 14.8 Å². The van der Waals surface area contributed by atoms with Gasteiger partial charge in [-0.15, -0.1) is 0 Å². The SMILES string of the molecule is Cc1cc(C(NC(=O)c2oc(C3CC3)nc2C)C(=O)O)ccc1F. The first-order valence-corrected chi connectivity index (χ1v) is 7.64. The van der Waals surface area contributed by atoms with Gasteiger partial charge in [0.15, 0.2) is 11.9 Å². The van der Waals surface area contributed by atoms with E-state index in [1.54, 1.807) is 6.92 Å². The standard InChI is InChI=1S/C17H17FN2O4/c1-8-7-11(5-6-12(8)18)13(17(22)23)20-15(21)14-9(2)19-16(24-14)10-3-4-10/h5-7,10,13H,3-4H2,1-2H3,(H,20,21)(H,22,23). The summed E-state index contributed by atoms with van der Waals surface area (Å²) >= 11 is 0. The van der Waals surface area contributed by atoms with Gasteiger partial charge in [0.05, 0.1) is 5.69 Å². The van der Waals surface area contributed by atoms with Crippen LogP contribution in [-0.4, -0.2) is 22.0 Å². The fourth-order valence-electron chi connectivity index (χ4n) is 2.46. The third kappa shape index (κ3) is 3.15. The summed E-state index contributed by atoms with van der Waals surface area (Å²) in [5, 5.41) is 11.8. The molecule has 0 spiro atoms. The number of hydrogen-bond donors (Lipinski definition) is 2. The number of benzene rings is 1. The molecule has 3 rings (SSSR count). The van der Waals surface area contributed by atoms with E-state index in [0.29, 0.717) is 17.1 Å². The highest BCUT2D eigenvalue weighted by atomic mass is 19.1. The predicted octanol–water partition coefficient (Wildman–Crippen LogP) is 2.86. The van der Waals surface area contributed by atoms with Crippen molar-refractivity contribution in [3.63, 3.8) is 0 Å². The Morgan fingerprint density at radius 1 is 1.38 bits per heavy atom. The third-order valence-electron chi connectivity index (χ3n) is 3.98. The van der Waals surface area contributed by atoms with E-state index < -0.39 is 23.7 Å². The first-order valence-electron chi connectivity index (χ1n) is 7.64. The Morgan fingerprint density at radius 2 is 2.08 bits per heavy atom. The molecule has 2 N–H and O–H groups in total. The molecule has 1 aliphatic carbocycles. The minimum absolute atomic E-state index is 0.0157. The van der Waals surface area contributed by atoms with E-state index in [1.165, 1.54) is 25.1 Å². The Labute approximate surface area is 137 Å². The number of aliphatic carboxylic acids is 1. The summed E-state index contributed by atoms with van der Waals surface area (Å²) in [6.45, 7) is 3.17. The van der Waals surface area contributed by atoms with Crippen LogP contribution in [0.1, 0.15) is 58.1 Å². The second-order valence-corrected chi connectivity index (χ2v) is 5.99. The second-order valence-electron chi connectivity index (χ2n) is 5.99. The first-order chi connectivity index (χ1) is 11.4. The van der Waals surface area contributed by atoms with E-state index in [0.717, 1.165) is 12.8 Å². The van der Waals surface area contributed by atoms with Crippen LogP contribution in [0, 0.1) is 19.7 Å². The van der Waals surface area contributed by atoms with Crippen LogP contribution in [0.4, 0.5) is 4.39 Å². The minimum Gasteiger partial charge on any atom is -0.479 e. The quantitative estimate of drug-likeness (QED) is 0.878. The lowest BCUT2D eigenvalue weighted by Crippen LogP contribution is -2.34. The Hall–Kier alpha value is -2.70. The Kier molecular flexibility index (Phi) is 4.09. The van der Waals surface area contributed by atoms with E-state index in [-0.39, 0.29) is 17.2 Å². The normalized spacial score (nSPS) is 15.1. The lowest BCUT2D eigenvalue weighted by atomic mass is 10.0. The van der Waals surface area contributed by atoms with E-state index in [1.807, 2.05) is 0 Å². The topological polar surface area (TPSA) is 92.4 Å². The molecule has 1 aromatic heterocycles. The van der Waals surface area contributed by atoms with Crippen molar-refractivity contribution < 1.29 is 23.5 Å². The van der Waals surface area contributed by atoms with Crippen molar-refractivity contribution in [2.24, 2.45) is 0 Å². The molecular weight excluding hydrogens is 315 g/mol. The predicted molar refractivity (Wildman–Crippen MR) is 82.2 cm³/mol. The van der Waals surface area contributed by atoms with Crippen LogP contribution in [0.25, 0.3) is 0 Å². The van der Waals surface area contributed by atoms with Crippen LogP contribution >= 0.6 is 0 Å². The molecule has 1 atom stereocenters. The Morgan fingerprint density at radius 3 is 2.67 bits per heavy atom. The van der Waals surface area contributed by atoms with Crippen molar-refractivity contribution in [2.45, 2.75) is 38.6 Å². The summed E-state index contributed by atoms with van der Waals surface area (Å²) in [6, 6.07) is 2.62. The average Bonchev–Trinajstić information content (AvgIpc) is 3.30. The van der Waals surface area contributed by atoms with E-state index in [2.05, 4.69) is 10.3 Å². The van der Waals surface area contributed by atoms with Crippen molar-refractivity contribution in [3.05, 3.63) is 52.5 Å². The van der Waals surface area contributed by atoms with E-state index in [4.69, 9.17) is 4.42 Å². The number of hydrogen-bond acceptors (Lipinski definition) is 4. The molecule has 24 heavy (non-hydrogen) atoms. The van der Waals surface area contributed by atoms with Crippen LogP contribution in [0.5, 0.6) is 0 Å². The molecule has 1 unspecified atom stereocenters. The molecule has 1 heterocycles. The molecule has 7 heteroatoms. The summed E-state index contributed by atoms with van der Waals surface area (Å²) in [4.78, 5) is 28.1. The highest BCUT2D eigenvalue weighted by molar-refractivity contribution is 5.95. The van der Waals surface area contributed by atoms with Gasteiger partial charge in [0.1, 0.15) is 5.82 Å². The molecule has 0 saturated heterocycles. The highest BCUT2D eigenvalue weighted by Crippen LogP contribution is 2.40. The maximum absolute atomic E-state index is 13.4. The molecule has 0 radical (unpaired) electrons. The summed E-state index contributed by atoms with van der Waals surface area (Å²) in [5.74, 6) is -1.55. The van der Waals surface area contributed by atoms with Crippen molar-refractivity contribution >= 4 is 11.9 Å². The maximum Gasteiger partial charge on any atom is 0.330 e. The molecular formula is C17H17FN2O4. The molecule has 6 nitrogen and oxygen atoms in total. The largest absolute Gasteiger partial charge is 0.479 e. The van der Waals surface area contributed by atoms with Gasteiger partial charge in [-0.05, 0) is 43.9 Å². The fraction of sp³-hybridized carbons (Fsp3) is 0.353. The monoisotopic (exact) mass is 332 g/mol. The molecule has 0 aliphatic heterocycles. The molecule has 126 valence electrons. The van der Waals surface area contributed by atoms with Crippen molar-refractivity contribution in [1.82, 2.24) is 10.3 Å². The molecule has 0 bridgehead atoms. The van der Waals surface area contributed by atoms with Crippen molar-refractivity contribution in [1.29, 1.82) is 0 Å². The van der Waals surface area contributed by atoms with Crippen molar-refractivity contribution in [3.8, 4) is 0 Å². The Balaban J connectivity index is 1.83. The molecule has 1 saturated carbocycles. The zero-order valence-corrected chi connectivity index (χ0v) is 13.3. The molecule has 1 fully saturated rings. The zero-order chi connectivity index (χ0) is 17.4. The number of amides is 1. The molecule has 1 aromatic carbocycles. The summed E-state index contributed by atoms with van der Waals surface area (Å²) in [7, 11) is 0. The number of aromatic nitrogens is 1. The number of carboxylic acids is 1. The smallest absolute Gasteiger partial charge is 0.330 e. The minimum atomic E-state index is -1.30. The second kappa shape index (κ2) is 6.07. The van der Waals surface area contributed by atoms with Crippen LogP contribution in [0.2, 0.25) is 0 Å². The number of rotatable bonds is 5.